The smallest absolute Gasteiger partial charge is 0.251 e. The van der Waals surface area contributed by atoms with E-state index in [2.05, 4.69) is 10.6 Å². The minimum atomic E-state index is -0.437. The zero-order valence-corrected chi connectivity index (χ0v) is 18.4. The van der Waals surface area contributed by atoms with Crippen LogP contribution in [0.5, 0.6) is 0 Å². The number of hydrogen-bond donors (Lipinski definition) is 2. The van der Waals surface area contributed by atoms with Crippen LogP contribution in [0.4, 0.5) is 0 Å². The van der Waals surface area contributed by atoms with Crippen LogP contribution in [0.2, 0.25) is 0 Å². The Hall–Kier alpha value is -4.12. The van der Waals surface area contributed by atoms with Gasteiger partial charge in [-0.25, -0.2) is 0 Å². The fourth-order valence-corrected chi connectivity index (χ4v) is 3.75. The number of nitrogens with one attached hydrogen (secondary N) is 2. The van der Waals surface area contributed by atoms with Crippen molar-refractivity contribution in [3.05, 3.63) is 131 Å². The zero-order valence-electron chi connectivity index (χ0n) is 18.4. The minimum absolute atomic E-state index is 0.173. The first-order chi connectivity index (χ1) is 16.1. The summed E-state index contributed by atoms with van der Waals surface area (Å²) in [6.45, 7) is 1.87. The van der Waals surface area contributed by atoms with Crippen LogP contribution in [0.1, 0.15) is 56.3 Å². The lowest BCUT2D eigenvalue weighted by Crippen LogP contribution is -2.34. The molecule has 4 aromatic rings. The van der Waals surface area contributed by atoms with Gasteiger partial charge in [0.1, 0.15) is 11.5 Å². The maximum absolute atomic E-state index is 13.0. The van der Waals surface area contributed by atoms with Crippen LogP contribution in [-0.4, -0.2) is 11.8 Å². The molecule has 0 fully saturated rings. The first-order valence-electron chi connectivity index (χ1n) is 10.9. The Morgan fingerprint density at radius 2 is 1.15 bits per heavy atom. The topological polar surface area (TPSA) is 71.3 Å². The summed E-state index contributed by atoms with van der Waals surface area (Å²) in [4.78, 5) is 25.9. The molecule has 1 aromatic heterocycles. The van der Waals surface area contributed by atoms with Gasteiger partial charge in [0, 0.05) is 11.1 Å². The van der Waals surface area contributed by atoms with Gasteiger partial charge in [0.15, 0.2) is 0 Å². The number of furan rings is 1. The summed E-state index contributed by atoms with van der Waals surface area (Å²) in [5.41, 5.74) is 2.09. The molecule has 0 aliphatic heterocycles. The molecule has 0 spiro atoms. The second-order valence-electron chi connectivity index (χ2n) is 7.88. The van der Waals surface area contributed by atoms with Gasteiger partial charge >= 0.3 is 0 Å². The Morgan fingerprint density at radius 1 is 0.667 bits per heavy atom. The lowest BCUT2D eigenvalue weighted by molar-refractivity contribution is 0.0914. The van der Waals surface area contributed by atoms with Crippen molar-refractivity contribution in [3.63, 3.8) is 0 Å². The van der Waals surface area contributed by atoms with Crippen molar-refractivity contribution >= 4 is 11.8 Å². The van der Waals surface area contributed by atoms with E-state index in [1.165, 1.54) is 0 Å². The normalized spacial score (nSPS) is 12.5. The van der Waals surface area contributed by atoms with Gasteiger partial charge in [-0.2, -0.15) is 0 Å². The van der Waals surface area contributed by atoms with E-state index in [1.807, 2.05) is 85.8 Å². The van der Waals surface area contributed by atoms with Gasteiger partial charge in [-0.05, 0) is 55.3 Å². The molecule has 3 aromatic carbocycles. The van der Waals surface area contributed by atoms with Gasteiger partial charge < -0.3 is 15.1 Å². The van der Waals surface area contributed by atoms with Crippen LogP contribution in [0, 0.1) is 6.92 Å². The first-order valence-corrected chi connectivity index (χ1v) is 10.9. The molecule has 1 heterocycles. The fourth-order valence-electron chi connectivity index (χ4n) is 3.75. The molecule has 166 valence electrons. The van der Waals surface area contributed by atoms with E-state index in [4.69, 9.17) is 4.42 Å². The molecule has 4 rings (SSSR count). The van der Waals surface area contributed by atoms with Crippen molar-refractivity contribution in [2.24, 2.45) is 0 Å². The summed E-state index contributed by atoms with van der Waals surface area (Å²) in [6, 6.07) is 30.9. The molecule has 5 nitrogen and oxygen atoms in total. The van der Waals surface area contributed by atoms with Crippen molar-refractivity contribution in [1.82, 2.24) is 10.6 Å². The second-order valence-corrected chi connectivity index (χ2v) is 7.88. The Kier molecular flexibility index (Phi) is 7.00. The molecule has 2 amide bonds. The van der Waals surface area contributed by atoms with Crippen LogP contribution in [-0.2, 0) is 0 Å². The average molecular weight is 439 g/mol. The van der Waals surface area contributed by atoms with E-state index >= 15 is 0 Å². The van der Waals surface area contributed by atoms with E-state index in [9.17, 15) is 9.59 Å². The lowest BCUT2D eigenvalue weighted by atomic mass is 9.97. The summed E-state index contributed by atoms with van der Waals surface area (Å²) in [5, 5.41) is 6.23. The molecular weight excluding hydrogens is 412 g/mol. The number of benzene rings is 3. The summed E-state index contributed by atoms with van der Waals surface area (Å²) in [6.07, 6.45) is 0.425. The molecule has 0 unspecified atom stereocenters. The van der Waals surface area contributed by atoms with E-state index < -0.39 is 6.04 Å². The molecule has 0 radical (unpaired) electrons. The van der Waals surface area contributed by atoms with Gasteiger partial charge in [-0.1, -0.05) is 66.7 Å². The molecule has 0 aliphatic carbocycles. The summed E-state index contributed by atoms with van der Waals surface area (Å²) in [7, 11) is 0. The first kappa shape index (κ1) is 22.1. The highest BCUT2D eigenvalue weighted by Crippen LogP contribution is 2.28. The summed E-state index contributed by atoms with van der Waals surface area (Å²) in [5.74, 6) is 1.03. The zero-order chi connectivity index (χ0) is 23.0. The highest BCUT2D eigenvalue weighted by Gasteiger charge is 2.25. The van der Waals surface area contributed by atoms with Crippen molar-refractivity contribution in [1.29, 1.82) is 0 Å². The summed E-state index contributed by atoms with van der Waals surface area (Å²) >= 11 is 0. The van der Waals surface area contributed by atoms with Gasteiger partial charge in [-0.3, -0.25) is 9.59 Å². The van der Waals surface area contributed by atoms with Crippen LogP contribution in [0.25, 0.3) is 0 Å². The minimum Gasteiger partial charge on any atom is -0.464 e. The summed E-state index contributed by atoms with van der Waals surface area (Å²) < 4.78 is 5.88. The van der Waals surface area contributed by atoms with E-state index in [1.54, 1.807) is 24.3 Å². The van der Waals surface area contributed by atoms with Crippen LogP contribution in [0.3, 0.4) is 0 Å². The number of aryl methyl sites for hydroxylation is 1. The Morgan fingerprint density at radius 3 is 1.64 bits per heavy atom. The van der Waals surface area contributed by atoms with Gasteiger partial charge in [0.05, 0.1) is 12.1 Å². The van der Waals surface area contributed by atoms with Crippen molar-refractivity contribution < 1.29 is 14.0 Å². The standard InChI is InChI=1S/C28H26N2O3/c1-20-17-18-26(33-20)25(30-28(32)23-15-9-4-10-16-23)19-24(21-11-5-2-6-12-21)29-27(31)22-13-7-3-8-14-22/h2-18,24-25H,19H2,1H3,(H,29,31)(H,30,32)/t24-,25-/m1/s1. The third-order valence-corrected chi connectivity index (χ3v) is 5.46. The predicted octanol–water partition coefficient (Wildman–Crippen LogP) is 5.62. The highest BCUT2D eigenvalue weighted by molar-refractivity contribution is 5.95. The molecule has 2 N–H and O–H groups in total. The maximum Gasteiger partial charge on any atom is 0.251 e. The Labute approximate surface area is 193 Å². The quantitative estimate of drug-likeness (QED) is 0.375. The molecule has 0 aliphatic rings. The Balaban J connectivity index is 1.62. The van der Waals surface area contributed by atoms with E-state index in [-0.39, 0.29) is 17.9 Å². The number of rotatable bonds is 8. The van der Waals surface area contributed by atoms with Gasteiger partial charge in [0.2, 0.25) is 0 Å². The molecular formula is C28H26N2O3. The number of hydrogen-bond acceptors (Lipinski definition) is 3. The predicted molar refractivity (Wildman–Crippen MR) is 128 cm³/mol. The molecule has 2 atom stereocenters. The molecule has 33 heavy (non-hydrogen) atoms. The van der Waals surface area contributed by atoms with Crippen LogP contribution in [0.15, 0.2) is 108 Å². The van der Waals surface area contributed by atoms with Gasteiger partial charge in [0.25, 0.3) is 11.8 Å². The SMILES string of the molecule is Cc1ccc([C@@H](C[C@@H](NC(=O)c2ccccc2)c2ccccc2)NC(=O)c2ccccc2)o1. The monoisotopic (exact) mass is 438 g/mol. The largest absolute Gasteiger partial charge is 0.464 e. The molecule has 0 saturated heterocycles. The van der Waals surface area contributed by atoms with Crippen molar-refractivity contribution in [2.45, 2.75) is 25.4 Å². The molecule has 0 saturated carbocycles. The third kappa shape index (κ3) is 5.77. The van der Waals surface area contributed by atoms with E-state index in [0.717, 1.165) is 11.3 Å². The fraction of sp³-hybridized carbons (Fsp3) is 0.143. The van der Waals surface area contributed by atoms with Crippen molar-refractivity contribution in [2.75, 3.05) is 0 Å². The third-order valence-electron chi connectivity index (χ3n) is 5.46. The Bertz CT molecular complexity index is 1190. The van der Waals surface area contributed by atoms with Gasteiger partial charge in [-0.15, -0.1) is 0 Å². The number of carbonyl (C=O) groups excluding carboxylic acids is 2. The second kappa shape index (κ2) is 10.5. The van der Waals surface area contributed by atoms with E-state index in [0.29, 0.717) is 23.3 Å². The highest BCUT2D eigenvalue weighted by atomic mass is 16.3. The lowest BCUT2D eigenvalue weighted by Gasteiger charge is -2.25. The molecule has 5 heteroatoms. The number of carbonyl (C=O) groups is 2. The number of amides is 2. The molecule has 0 bridgehead atoms. The average Bonchev–Trinajstić information content (AvgIpc) is 3.30. The maximum atomic E-state index is 13.0. The van der Waals surface area contributed by atoms with Crippen LogP contribution < -0.4 is 10.6 Å². The van der Waals surface area contributed by atoms with Crippen LogP contribution >= 0.6 is 0 Å². The van der Waals surface area contributed by atoms with Crippen molar-refractivity contribution in [3.8, 4) is 0 Å².